The lowest BCUT2D eigenvalue weighted by molar-refractivity contribution is -0.152. The van der Waals surface area contributed by atoms with E-state index in [-0.39, 0.29) is 28.8 Å². The molecule has 0 unspecified atom stereocenters. The maximum atomic E-state index is 12.3. The number of hydrogen-bond donors (Lipinski definition) is 1. The first kappa shape index (κ1) is 16.6. The van der Waals surface area contributed by atoms with Gasteiger partial charge >= 0.3 is 5.97 Å². The molecule has 1 N–H and O–H groups in total. The molecule has 0 aliphatic heterocycles. The van der Waals surface area contributed by atoms with Gasteiger partial charge in [0.05, 0.1) is 19.1 Å². The van der Waals surface area contributed by atoms with Gasteiger partial charge in [-0.2, -0.15) is 0 Å². The predicted molar refractivity (Wildman–Crippen MR) is 93.2 cm³/mol. The minimum Gasteiger partial charge on any atom is -0.469 e. The zero-order valence-electron chi connectivity index (χ0n) is 15.4. The molecule has 3 saturated carbocycles. The highest BCUT2D eigenvalue weighted by Gasteiger charge is 2.60. The van der Waals surface area contributed by atoms with Crippen molar-refractivity contribution >= 4 is 5.97 Å². The van der Waals surface area contributed by atoms with Gasteiger partial charge in [0.15, 0.2) is 0 Å². The topological polar surface area (TPSA) is 46.5 Å². The Morgan fingerprint density at radius 1 is 1.17 bits per heavy atom. The number of aliphatic hydroxyl groups is 1. The summed E-state index contributed by atoms with van der Waals surface area (Å²) >= 11 is 0. The number of hydrogen-bond acceptors (Lipinski definition) is 3. The van der Waals surface area contributed by atoms with Gasteiger partial charge < -0.3 is 9.84 Å². The van der Waals surface area contributed by atoms with Crippen molar-refractivity contribution in [3.63, 3.8) is 0 Å². The molecule has 3 nitrogen and oxygen atoms in total. The second-order valence-corrected chi connectivity index (χ2v) is 9.35. The Morgan fingerprint density at radius 2 is 1.96 bits per heavy atom. The molecule has 4 rings (SSSR count). The lowest BCUT2D eigenvalue weighted by Gasteiger charge is -2.57. The largest absolute Gasteiger partial charge is 0.469 e. The number of aliphatic hydroxyl groups excluding tert-OH is 1. The molecule has 3 heteroatoms. The Labute approximate surface area is 145 Å². The molecule has 4 aliphatic rings. The quantitative estimate of drug-likeness (QED) is 0.581. The maximum absolute atomic E-state index is 12.3. The van der Waals surface area contributed by atoms with Crippen LogP contribution in [0.2, 0.25) is 0 Å². The third-order valence-corrected chi connectivity index (χ3v) is 8.56. The number of fused-ring (bicyclic) bond motifs is 5. The summed E-state index contributed by atoms with van der Waals surface area (Å²) in [5, 5.41) is 10.1. The molecule has 134 valence electrons. The molecule has 0 aromatic carbocycles. The van der Waals surface area contributed by atoms with E-state index in [0.717, 1.165) is 44.4 Å². The van der Waals surface area contributed by atoms with E-state index < -0.39 is 0 Å². The van der Waals surface area contributed by atoms with Gasteiger partial charge in [0.25, 0.3) is 0 Å². The van der Waals surface area contributed by atoms with Crippen LogP contribution >= 0.6 is 0 Å². The first-order valence-electron chi connectivity index (χ1n) is 9.85. The summed E-state index contributed by atoms with van der Waals surface area (Å²) in [5.41, 5.74) is 1.94. The summed E-state index contributed by atoms with van der Waals surface area (Å²) in [6.45, 7) is 4.81. The van der Waals surface area contributed by atoms with Gasteiger partial charge in [0, 0.05) is 0 Å². The maximum Gasteiger partial charge on any atom is 0.309 e. The van der Waals surface area contributed by atoms with Crippen molar-refractivity contribution < 1.29 is 14.6 Å². The molecule has 0 heterocycles. The molecular formula is C21H32O3. The van der Waals surface area contributed by atoms with E-state index in [1.807, 2.05) is 0 Å². The number of carbonyl (C=O) groups is 1. The van der Waals surface area contributed by atoms with Crippen molar-refractivity contribution in [3.05, 3.63) is 11.6 Å². The van der Waals surface area contributed by atoms with Gasteiger partial charge in [-0.05, 0) is 80.0 Å². The molecule has 24 heavy (non-hydrogen) atoms. The van der Waals surface area contributed by atoms with E-state index in [9.17, 15) is 9.90 Å². The highest BCUT2D eigenvalue weighted by molar-refractivity contribution is 5.73. The SMILES string of the molecule is COC(=O)[C@@H]1CC[C@@H]2[C@@H]3CC=C4C[C@@H](O)CC[C@]4(C)[C@H]3CC[C@@]21C. The molecule has 3 fully saturated rings. The summed E-state index contributed by atoms with van der Waals surface area (Å²) in [5.74, 6) is 2.21. The molecule has 4 aliphatic carbocycles. The molecule has 0 amide bonds. The van der Waals surface area contributed by atoms with Crippen LogP contribution < -0.4 is 0 Å². The third-order valence-electron chi connectivity index (χ3n) is 8.56. The zero-order chi connectivity index (χ0) is 17.1. The molecule has 0 spiro atoms. The summed E-state index contributed by atoms with van der Waals surface area (Å²) in [7, 11) is 1.54. The Bertz CT molecular complexity index is 567. The van der Waals surface area contributed by atoms with Gasteiger partial charge in [-0.3, -0.25) is 4.79 Å². The Balaban J connectivity index is 1.64. The number of ether oxygens (including phenoxy) is 1. The van der Waals surface area contributed by atoms with Crippen molar-refractivity contribution in [2.45, 2.75) is 71.3 Å². The predicted octanol–water partition coefficient (Wildman–Crippen LogP) is 4.10. The second-order valence-electron chi connectivity index (χ2n) is 9.35. The smallest absolute Gasteiger partial charge is 0.309 e. The normalized spacial score (nSPS) is 50.3. The van der Waals surface area contributed by atoms with E-state index >= 15 is 0 Å². The Morgan fingerprint density at radius 3 is 2.71 bits per heavy atom. The fourth-order valence-electron chi connectivity index (χ4n) is 7.17. The van der Waals surface area contributed by atoms with Gasteiger partial charge in [0.2, 0.25) is 0 Å². The highest BCUT2D eigenvalue weighted by Crippen LogP contribution is 2.66. The number of methoxy groups -OCH3 is 1. The third kappa shape index (κ3) is 2.16. The van der Waals surface area contributed by atoms with Gasteiger partial charge in [-0.15, -0.1) is 0 Å². The van der Waals surface area contributed by atoms with Crippen molar-refractivity contribution in [1.82, 2.24) is 0 Å². The summed E-state index contributed by atoms with van der Waals surface area (Å²) in [6.07, 6.45) is 11.0. The van der Waals surface area contributed by atoms with Crippen LogP contribution in [0.1, 0.15) is 65.2 Å². The monoisotopic (exact) mass is 332 g/mol. The molecule has 0 bridgehead atoms. The van der Waals surface area contributed by atoms with Crippen molar-refractivity contribution in [1.29, 1.82) is 0 Å². The van der Waals surface area contributed by atoms with Gasteiger partial charge in [-0.1, -0.05) is 25.5 Å². The van der Waals surface area contributed by atoms with E-state index in [2.05, 4.69) is 19.9 Å². The second kappa shape index (κ2) is 5.59. The lowest BCUT2D eigenvalue weighted by atomic mass is 9.47. The number of rotatable bonds is 1. The molecule has 0 radical (unpaired) electrons. The van der Waals surface area contributed by atoms with Crippen LogP contribution in [0.5, 0.6) is 0 Å². The van der Waals surface area contributed by atoms with Crippen LogP contribution in [-0.2, 0) is 9.53 Å². The summed E-state index contributed by atoms with van der Waals surface area (Å²) < 4.78 is 5.12. The van der Waals surface area contributed by atoms with Crippen LogP contribution in [-0.4, -0.2) is 24.3 Å². The number of carbonyl (C=O) groups excluding carboxylic acids is 1. The highest BCUT2D eigenvalue weighted by atomic mass is 16.5. The van der Waals surface area contributed by atoms with E-state index in [0.29, 0.717) is 11.8 Å². The fraction of sp³-hybridized carbons (Fsp3) is 0.857. The molecule has 0 aromatic heterocycles. The van der Waals surface area contributed by atoms with Crippen LogP contribution in [0.3, 0.4) is 0 Å². The first-order chi connectivity index (χ1) is 11.4. The standard InChI is InChI=1S/C21H32O3/c1-20-10-8-14(22)12-13(20)4-5-15-16-6-7-18(19(23)24-3)21(16,2)11-9-17(15)20/h4,14-18,22H,5-12H2,1-3H3/t14-,15-,16+,17-,18-,20-,21-/m0/s1. The van der Waals surface area contributed by atoms with E-state index in [4.69, 9.17) is 4.74 Å². The number of esters is 1. The average Bonchev–Trinajstić information content (AvgIpc) is 2.92. The van der Waals surface area contributed by atoms with Crippen LogP contribution in [0.25, 0.3) is 0 Å². The van der Waals surface area contributed by atoms with Crippen LogP contribution in [0, 0.1) is 34.5 Å². The van der Waals surface area contributed by atoms with E-state index in [1.54, 1.807) is 0 Å². The zero-order valence-corrected chi connectivity index (χ0v) is 15.4. The minimum atomic E-state index is -0.134. The summed E-state index contributed by atoms with van der Waals surface area (Å²) in [4.78, 5) is 12.3. The lowest BCUT2D eigenvalue weighted by Crippen LogP contribution is -2.51. The summed E-state index contributed by atoms with van der Waals surface area (Å²) in [6, 6.07) is 0. The fourth-order valence-corrected chi connectivity index (χ4v) is 7.17. The first-order valence-corrected chi connectivity index (χ1v) is 9.85. The van der Waals surface area contributed by atoms with Crippen molar-refractivity contribution in [2.24, 2.45) is 34.5 Å². The number of allylic oxidation sites excluding steroid dienone is 1. The molecular weight excluding hydrogens is 300 g/mol. The molecule has 0 saturated heterocycles. The van der Waals surface area contributed by atoms with Gasteiger partial charge in [-0.25, -0.2) is 0 Å². The van der Waals surface area contributed by atoms with Crippen LogP contribution in [0.15, 0.2) is 11.6 Å². The van der Waals surface area contributed by atoms with Crippen LogP contribution in [0.4, 0.5) is 0 Å². The molecule has 7 atom stereocenters. The van der Waals surface area contributed by atoms with Crippen molar-refractivity contribution in [3.8, 4) is 0 Å². The Kier molecular flexibility index (Phi) is 3.87. The molecule has 0 aromatic rings. The van der Waals surface area contributed by atoms with E-state index in [1.165, 1.54) is 25.5 Å². The average molecular weight is 332 g/mol. The van der Waals surface area contributed by atoms with Gasteiger partial charge in [0.1, 0.15) is 0 Å². The van der Waals surface area contributed by atoms with Crippen molar-refractivity contribution in [2.75, 3.05) is 7.11 Å². The Hall–Kier alpha value is -0.830. The minimum absolute atomic E-state index is 0.0116.